The van der Waals surface area contributed by atoms with Crippen LogP contribution in [0.5, 0.6) is 5.75 Å². The molecule has 0 atom stereocenters. The van der Waals surface area contributed by atoms with Crippen LogP contribution >= 0.6 is 11.6 Å². The molecule has 1 amide bonds. The summed E-state index contributed by atoms with van der Waals surface area (Å²) in [4.78, 5) is 16.1. The van der Waals surface area contributed by atoms with Crippen LogP contribution in [0.1, 0.15) is 15.9 Å². The molecular formula is C14H14ClN3O2. The van der Waals surface area contributed by atoms with Gasteiger partial charge in [0.05, 0.1) is 18.5 Å². The highest BCUT2D eigenvalue weighted by Gasteiger charge is 2.12. The summed E-state index contributed by atoms with van der Waals surface area (Å²) in [6.45, 7) is 1.84. The molecule has 0 aliphatic rings. The summed E-state index contributed by atoms with van der Waals surface area (Å²) < 4.78 is 5.05. The molecule has 2 rings (SSSR count). The minimum absolute atomic E-state index is 0.250. The van der Waals surface area contributed by atoms with Gasteiger partial charge in [0.1, 0.15) is 5.75 Å². The average Bonchev–Trinajstić information content (AvgIpc) is 2.42. The summed E-state index contributed by atoms with van der Waals surface area (Å²) >= 11 is 5.97. The number of rotatable bonds is 3. The van der Waals surface area contributed by atoms with Crippen molar-refractivity contribution in [1.29, 1.82) is 0 Å². The summed E-state index contributed by atoms with van der Waals surface area (Å²) in [5.74, 6) is 0.217. The molecule has 0 bridgehead atoms. The maximum absolute atomic E-state index is 12.2. The first-order valence-electron chi connectivity index (χ1n) is 5.89. The third-order valence-corrected chi connectivity index (χ3v) is 3.13. The van der Waals surface area contributed by atoms with Gasteiger partial charge in [-0.3, -0.25) is 4.79 Å². The van der Waals surface area contributed by atoms with E-state index in [-0.39, 0.29) is 11.1 Å². The number of amides is 1. The number of nitrogens with two attached hydrogens (primary N) is 1. The van der Waals surface area contributed by atoms with Gasteiger partial charge in [0.15, 0.2) is 5.15 Å². The van der Waals surface area contributed by atoms with Crippen LogP contribution in [0.4, 0.5) is 11.4 Å². The zero-order valence-corrected chi connectivity index (χ0v) is 11.9. The molecule has 0 aliphatic carbocycles. The number of nitrogens with zero attached hydrogens (tertiary/aromatic N) is 1. The number of hydrogen-bond acceptors (Lipinski definition) is 4. The number of methoxy groups -OCH3 is 1. The first-order valence-corrected chi connectivity index (χ1v) is 6.26. The highest BCUT2D eigenvalue weighted by molar-refractivity contribution is 6.32. The second-order valence-electron chi connectivity index (χ2n) is 4.20. The van der Waals surface area contributed by atoms with Gasteiger partial charge in [0.25, 0.3) is 5.91 Å². The predicted molar refractivity (Wildman–Crippen MR) is 79.3 cm³/mol. The lowest BCUT2D eigenvalue weighted by molar-refractivity contribution is 0.102. The number of benzene rings is 1. The van der Waals surface area contributed by atoms with Crippen LogP contribution < -0.4 is 15.8 Å². The lowest BCUT2D eigenvalue weighted by Crippen LogP contribution is -2.14. The molecule has 2 aromatic rings. The summed E-state index contributed by atoms with van der Waals surface area (Å²) in [7, 11) is 1.52. The van der Waals surface area contributed by atoms with Crippen molar-refractivity contribution in [2.75, 3.05) is 18.2 Å². The Morgan fingerprint density at radius 3 is 2.75 bits per heavy atom. The van der Waals surface area contributed by atoms with E-state index in [1.807, 2.05) is 6.92 Å². The Morgan fingerprint density at radius 2 is 2.15 bits per heavy atom. The highest BCUT2D eigenvalue weighted by atomic mass is 35.5. The second kappa shape index (κ2) is 5.79. The zero-order chi connectivity index (χ0) is 14.7. The maximum Gasteiger partial charge on any atom is 0.255 e. The summed E-state index contributed by atoms with van der Waals surface area (Å²) in [6.07, 6.45) is 1.58. The number of nitrogen functional groups attached to an aromatic ring is 1. The summed E-state index contributed by atoms with van der Waals surface area (Å²) in [5, 5.41) is 2.98. The van der Waals surface area contributed by atoms with Crippen LogP contribution in [0.15, 0.2) is 30.5 Å². The maximum atomic E-state index is 12.2. The minimum atomic E-state index is -0.308. The fraction of sp³-hybridized carbons (Fsp3) is 0.143. The molecule has 0 aliphatic heterocycles. The minimum Gasteiger partial charge on any atom is -0.495 e. The van der Waals surface area contributed by atoms with Crippen molar-refractivity contribution in [2.45, 2.75) is 6.92 Å². The fourth-order valence-corrected chi connectivity index (χ4v) is 1.99. The van der Waals surface area contributed by atoms with Gasteiger partial charge in [0.2, 0.25) is 0 Å². The van der Waals surface area contributed by atoms with E-state index in [1.54, 1.807) is 30.5 Å². The average molecular weight is 292 g/mol. The van der Waals surface area contributed by atoms with Gasteiger partial charge in [-0.05, 0) is 36.8 Å². The van der Waals surface area contributed by atoms with E-state index >= 15 is 0 Å². The van der Waals surface area contributed by atoms with Gasteiger partial charge >= 0.3 is 0 Å². The van der Waals surface area contributed by atoms with E-state index in [4.69, 9.17) is 22.1 Å². The topological polar surface area (TPSA) is 77.2 Å². The van der Waals surface area contributed by atoms with E-state index in [2.05, 4.69) is 10.3 Å². The predicted octanol–water partition coefficient (Wildman–Crippen LogP) is 2.89. The molecule has 0 fully saturated rings. The molecule has 0 saturated carbocycles. The van der Waals surface area contributed by atoms with E-state index in [9.17, 15) is 4.79 Å². The number of carbonyl (C=O) groups is 1. The summed E-state index contributed by atoms with van der Waals surface area (Å²) in [6, 6.07) is 6.59. The molecule has 104 valence electrons. The molecule has 6 heteroatoms. The van der Waals surface area contributed by atoms with Crippen LogP contribution in [0.25, 0.3) is 0 Å². The SMILES string of the molecule is COc1ccc(C(=O)Nc2c(C)ccnc2Cl)cc1N. The van der Waals surface area contributed by atoms with Crippen LogP contribution in [0.3, 0.4) is 0 Å². The van der Waals surface area contributed by atoms with Gasteiger partial charge < -0.3 is 15.8 Å². The molecule has 5 nitrogen and oxygen atoms in total. The van der Waals surface area contributed by atoms with Crippen molar-refractivity contribution >= 4 is 28.9 Å². The standard InChI is InChI=1S/C14H14ClN3O2/c1-8-5-6-17-13(15)12(8)18-14(19)9-3-4-11(20-2)10(16)7-9/h3-7H,16H2,1-2H3,(H,18,19). The molecule has 1 aromatic carbocycles. The molecule has 0 spiro atoms. The number of carbonyl (C=O) groups excluding carboxylic acids is 1. The third kappa shape index (κ3) is 2.83. The van der Waals surface area contributed by atoms with E-state index < -0.39 is 0 Å². The van der Waals surface area contributed by atoms with Crippen molar-refractivity contribution in [3.05, 3.63) is 46.7 Å². The van der Waals surface area contributed by atoms with Gasteiger partial charge in [-0.2, -0.15) is 0 Å². The second-order valence-corrected chi connectivity index (χ2v) is 4.56. The van der Waals surface area contributed by atoms with Crippen molar-refractivity contribution in [3.8, 4) is 5.75 Å². The molecular weight excluding hydrogens is 278 g/mol. The number of halogens is 1. The number of nitrogens with one attached hydrogen (secondary N) is 1. The molecule has 1 heterocycles. The lowest BCUT2D eigenvalue weighted by Gasteiger charge is -2.10. The number of ether oxygens (including phenoxy) is 1. The molecule has 0 unspecified atom stereocenters. The Balaban J connectivity index is 2.26. The number of aryl methyl sites for hydroxylation is 1. The quantitative estimate of drug-likeness (QED) is 0.673. The van der Waals surface area contributed by atoms with Crippen LogP contribution in [-0.4, -0.2) is 18.0 Å². The van der Waals surface area contributed by atoms with Crippen molar-refractivity contribution in [1.82, 2.24) is 4.98 Å². The lowest BCUT2D eigenvalue weighted by atomic mass is 10.1. The Hall–Kier alpha value is -2.27. The highest BCUT2D eigenvalue weighted by Crippen LogP contribution is 2.25. The fourth-order valence-electron chi connectivity index (χ4n) is 1.74. The molecule has 20 heavy (non-hydrogen) atoms. The largest absolute Gasteiger partial charge is 0.495 e. The van der Waals surface area contributed by atoms with Crippen LogP contribution in [-0.2, 0) is 0 Å². The van der Waals surface area contributed by atoms with Crippen molar-refractivity contribution in [3.63, 3.8) is 0 Å². The number of aromatic nitrogens is 1. The first-order chi connectivity index (χ1) is 9.52. The zero-order valence-electron chi connectivity index (χ0n) is 11.1. The number of anilines is 2. The Bertz CT molecular complexity index is 639. The number of hydrogen-bond donors (Lipinski definition) is 2. The molecule has 0 saturated heterocycles. The van der Waals surface area contributed by atoms with Crippen LogP contribution in [0, 0.1) is 6.92 Å². The first kappa shape index (κ1) is 14.1. The van der Waals surface area contributed by atoms with Gasteiger partial charge in [0, 0.05) is 11.8 Å². The van der Waals surface area contributed by atoms with Crippen LogP contribution in [0.2, 0.25) is 5.15 Å². The number of pyridine rings is 1. The smallest absolute Gasteiger partial charge is 0.255 e. The van der Waals surface area contributed by atoms with Crippen molar-refractivity contribution in [2.24, 2.45) is 0 Å². The van der Waals surface area contributed by atoms with Gasteiger partial charge in [-0.15, -0.1) is 0 Å². The van der Waals surface area contributed by atoms with Crippen molar-refractivity contribution < 1.29 is 9.53 Å². The monoisotopic (exact) mass is 291 g/mol. The van der Waals surface area contributed by atoms with Gasteiger partial charge in [-0.1, -0.05) is 11.6 Å². The molecule has 3 N–H and O–H groups in total. The molecule has 1 aromatic heterocycles. The van der Waals surface area contributed by atoms with Gasteiger partial charge in [-0.25, -0.2) is 4.98 Å². The Morgan fingerprint density at radius 1 is 1.40 bits per heavy atom. The van der Waals surface area contributed by atoms with E-state index in [1.165, 1.54) is 7.11 Å². The molecule has 0 radical (unpaired) electrons. The Kier molecular flexibility index (Phi) is 4.10. The third-order valence-electron chi connectivity index (χ3n) is 2.84. The van der Waals surface area contributed by atoms with E-state index in [0.717, 1.165) is 5.56 Å². The Labute approximate surface area is 121 Å². The van der Waals surface area contributed by atoms with E-state index in [0.29, 0.717) is 22.7 Å². The normalized spacial score (nSPS) is 10.2. The summed E-state index contributed by atoms with van der Waals surface area (Å²) in [5.41, 5.74) is 7.92.